The average Bonchev–Trinajstić information content (AvgIpc) is 3.74. The van der Waals surface area contributed by atoms with Crippen molar-refractivity contribution in [3.05, 3.63) is 102 Å². The van der Waals surface area contributed by atoms with E-state index in [1.54, 1.807) is 11.3 Å². The van der Waals surface area contributed by atoms with E-state index in [-0.39, 0.29) is 47.9 Å². The number of hydrogen-bond donors (Lipinski definition) is 1. The fourth-order valence-corrected chi connectivity index (χ4v) is 7.07. The van der Waals surface area contributed by atoms with Crippen LogP contribution < -0.4 is 0 Å². The standard InChI is InChI=1S/C29H22NOS.C15H28O2.Ir/c1-29(2,3)24-15-20(14-18-8-4-5-9-21(18)24)27-28-19(12-13-30-27)16-25(31-28)23-17-32-26-11-7-6-10-22(23)26;1-7-14(5,8-2)12(16)11-13(17)15(6,9-3)10-4;/h4-13,15-17H,1-3H3;11,16H,7-10H2,1-6H3;/q-1;;/b;12-11-;. The number of fused-ring (bicyclic) bond motifs is 3. The quantitative estimate of drug-likeness (QED) is 0.0893. The Kier molecular flexibility index (Phi) is 12.4. The predicted molar refractivity (Wildman–Crippen MR) is 208 cm³/mol. The Morgan fingerprint density at radius 3 is 2.12 bits per heavy atom. The summed E-state index contributed by atoms with van der Waals surface area (Å²) in [7, 11) is 0. The number of aromatic nitrogens is 1. The molecule has 3 aromatic heterocycles. The molecule has 6 heteroatoms. The molecule has 0 unspecified atom stereocenters. The van der Waals surface area contributed by atoms with Crippen molar-refractivity contribution in [2.24, 2.45) is 10.8 Å². The van der Waals surface area contributed by atoms with Crippen LogP contribution in [0.25, 0.3) is 54.4 Å². The third kappa shape index (κ3) is 7.83. The third-order valence-electron chi connectivity index (χ3n) is 10.6. The second kappa shape index (κ2) is 15.8. The molecule has 3 aromatic carbocycles. The summed E-state index contributed by atoms with van der Waals surface area (Å²) in [4.78, 5) is 16.9. The number of aliphatic hydroxyl groups is 1. The molecule has 0 amide bonds. The summed E-state index contributed by atoms with van der Waals surface area (Å²) in [6, 6.07) is 26.9. The van der Waals surface area contributed by atoms with Gasteiger partial charge in [-0.05, 0) is 49.3 Å². The van der Waals surface area contributed by atoms with E-state index in [0.717, 1.165) is 64.6 Å². The Balaban J connectivity index is 0.000000269. The summed E-state index contributed by atoms with van der Waals surface area (Å²) in [6.45, 7) is 18.8. The topological polar surface area (TPSA) is 63.3 Å². The van der Waals surface area contributed by atoms with Crippen LogP contribution in [0.1, 0.15) is 93.6 Å². The van der Waals surface area contributed by atoms with Gasteiger partial charge in [-0.3, -0.25) is 9.78 Å². The van der Waals surface area contributed by atoms with Gasteiger partial charge in [0, 0.05) is 75.3 Å². The largest absolute Gasteiger partial charge is 0.512 e. The van der Waals surface area contributed by atoms with Gasteiger partial charge in [0.15, 0.2) is 5.78 Å². The van der Waals surface area contributed by atoms with Crippen molar-refractivity contribution < 1.29 is 34.4 Å². The van der Waals surface area contributed by atoms with Crippen LogP contribution in [0.3, 0.4) is 0 Å². The van der Waals surface area contributed by atoms with Gasteiger partial charge in [0.05, 0.1) is 0 Å². The number of furan rings is 1. The van der Waals surface area contributed by atoms with Crippen LogP contribution in [-0.4, -0.2) is 15.9 Å². The number of carbonyl (C=O) groups excluding carboxylic acids is 1. The van der Waals surface area contributed by atoms with Gasteiger partial charge >= 0.3 is 0 Å². The maximum Gasteiger partial charge on any atom is 0.164 e. The molecule has 0 fully saturated rings. The van der Waals surface area contributed by atoms with Gasteiger partial charge in [0.2, 0.25) is 0 Å². The molecule has 3 heterocycles. The first kappa shape index (κ1) is 39.2. The van der Waals surface area contributed by atoms with Gasteiger partial charge < -0.3 is 9.52 Å². The van der Waals surface area contributed by atoms with Crippen molar-refractivity contribution >= 4 is 48.9 Å². The second-order valence-electron chi connectivity index (χ2n) is 14.7. The molecule has 0 aliphatic heterocycles. The van der Waals surface area contributed by atoms with Crippen molar-refractivity contribution in [3.8, 4) is 22.6 Å². The van der Waals surface area contributed by atoms with E-state index in [1.807, 2.05) is 53.8 Å². The summed E-state index contributed by atoms with van der Waals surface area (Å²) < 4.78 is 7.73. The number of benzene rings is 3. The molecule has 0 aliphatic carbocycles. The number of hydrogen-bond acceptors (Lipinski definition) is 5. The minimum absolute atomic E-state index is 0. The monoisotopic (exact) mass is 865 g/mol. The van der Waals surface area contributed by atoms with Gasteiger partial charge in [-0.2, -0.15) is 0 Å². The molecule has 6 rings (SSSR count). The van der Waals surface area contributed by atoms with Gasteiger partial charge in [0.25, 0.3) is 0 Å². The zero-order chi connectivity index (χ0) is 35.6. The first-order chi connectivity index (χ1) is 23.3. The molecule has 0 aliphatic rings. The number of allylic oxidation sites excluding steroid dienone is 2. The van der Waals surface area contributed by atoms with Crippen molar-refractivity contribution in [1.29, 1.82) is 0 Å². The second-order valence-corrected chi connectivity index (χ2v) is 15.6. The first-order valence-electron chi connectivity index (χ1n) is 17.5. The van der Waals surface area contributed by atoms with Crippen LogP contribution in [0.4, 0.5) is 0 Å². The maximum atomic E-state index is 12.2. The van der Waals surface area contributed by atoms with Crippen LogP contribution in [0.5, 0.6) is 0 Å². The molecule has 0 saturated heterocycles. The average molecular weight is 865 g/mol. The Morgan fingerprint density at radius 2 is 1.48 bits per heavy atom. The van der Waals surface area contributed by atoms with E-state index in [9.17, 15) is 9.90 Å². The zero-order valence-electron chi connectivity index (χ0n) is 30.9. The Morgan fingerprint density at radius 1 is 0.860 bits per heavy atom. The van der Waals surface area contributed by atoms with Crippen molar-refractivity contribution in [2.45, 2.75) is 93.4 Å². The van der Waals surface area contributed by atoms with Crippen LogP contribution in [0.2, 0.25) is 0 Å². The number of rotatable bonds is 9. The number of pyridine rings is 1. The summed E-state index contributed by atoms with van der Waals surface area (Å²) in [5, 5.41) is 16.9. The molecule has 1 radical (unpaired) electrons. The summed E-state index contributed by atoms with van der Waals surface area (Å²) in [6.07, 6.45) is 6.62. The third-order valence-corrected chi connectivity index (χ3v) is 11.6. The minimum atomic E-state index is -0.337. The van der Waals surface area contributed by atoms with Gasteiger partial charge in [-0.15, -0.1) is 40.5 Å². The molecule has 1 N–H and O–H groups in total. The van der Waals surface area contributed by atoms with E-state index < -0.39 is 0 Å². The number of aliphatic hydroxyl groups excluding tert-OH is 1. The van der Waals surface area contributed by atoms with Crippen LogP contribution in [0, 0.1) is 16.9 Å². The number of carbonyl (C=O) groups is 1. The van der Waals surface area contributed by atoms with E-state index in [4.69, 9.17) is 9.40 Å². The van der Waals surface area contributed by atoms with Crippen molar-refractivity contribution in [1.82, 2.24) is 4.98 Å². The molecule has 0 atom stereocenters. The Bertz CT molecular complexity index is 2120. The van der Waals surface area contributed by atoms with Crippen LogP contribution >= 0.6 is 11.3 Å². The molecular weight excluding hydrogens is 815 g/mol. The summed E-state index contributed by atoms with van der Waals surface area (Å²) >= 11 is 1.74. The fourth-order valence-electron chi connectivity index (χ4n) is 6.12. The smallest absolute Gasteiger partial charge is 0.164 e. The van der Waals surface area contributed by atoms with Crippen molar-refractivity contribution in [2.75, 3.05) is 0 Å². The SMILES string of the molecule is CC(C)(C)c1cc(-c2nccc3cc(-c4csc5ccccc45)oc23)[c-]c2ccccc12.CCC(C)(CC)C(=O)/C=C(\O)C(C)(CC)CC.[Ir]. The number of ketones is 1. The normalized spacial score (nSPS) is 12.5. The van der Waals surface area contributed by atoms with Gasteiger partial charge in [0.1, 0.15) is 17.1 Å². The van der Waals surface area contributed by atoms with Crippen LogP contribution in [0.15, 0.2) is 94.6 Å². The first-order valence-corrected chi connectivity index (χ1v) is 18.4. The maximum absolute atomic E-state index is 12.2. The molecule has 265 valence electrons. The molecule has 4 nitrogen and oxygen atoms in total. The zero-order valence-corrected chi connectivity index (χ0v) is 34.1. The Labute approximate surface area is 315 Å². The number of thiophene rings is 1. The van der Waals surface area contributed by atoms with E-state index in [2.05, 4.69) is 92.9 Å². The number of nitrogens with zero attached hydrogens (tertiary/aromatic N) is 1. The van der Waals surface area contributed by atoms with E-state index in [0.29, 0.717) is 0 Å². The van der Waals surface area contributed by atoms with Crippen LogP contribution in [-0.2, 0) is 30.3 Å². The van der Waals surface area contributed by atoms with Crippen molar-refractivity contribution in [3.63, 3.8) is 0 Å². The van der Waals surface area contributed by atoms with Gasteiger partial charge in [-0.1, -0.05) is 110 Å². The van der Waals surface area contributed by atoms with Gasteiger partial charge in [-0.25, -0.2) is 0 Å². The van der Waals surface area contributed by atoms with E-state index in [1.165, 1.54) is 27.1 Å². The predicted octanol–water partition coefficient (Wildman–Crippen LogP) is 13.3. The molecule has 0 saturated carbocycles. The minimum Gasteiger partial charge on any atom is -0.512 e. The summed E-state index contributed by atoms with van der Waals surface area (Å²) in [5.74, 6) is 1.16. The Hall–Kier alpha value is -3.57. The molecule has 0 spiro atoms. The molecule has 0 bridgehead atoms. The fraction of sp³-hybridized carbons (Fsp3) is 0.364. The van der Waals surface area contributed by atoms with E-state index >= 15 is 0 Å². The molecular formula is C44H50IrNO3S-. The molecule has 50 heavy (non-hydrogen) atoms. The summed E-state index contributed by atoms with van der Waals surface area (Å²) in [5.41, 5.74) is 4.43. The molecule has 6 aromatic rings.